The Morgan fingerprint density at radius 1 is 1.16 bits per heavy atom. The number of hydrogen-bond acceptors (Lipinski definition) is 4. The number of carbonyl (C=O) groups excluding carboxylic acids is 1. The van der Waals surface area contributed by atoms with Crippen LogP contribution in [-0.4, -0.2) is 28.1 Å². The molecule has 0 aromatic heterocycles. The van der Waals surface area contributed by atoms with Gasteiger partial charge in [-0.1, -0.05) is 37.3 Å². The SMILES string of the molecule is CCC(O)Cc1ccc(CC(=O)c2ccccc2C(=O)O)cc1C#N. The number of aromatic carboxylic acids is 1. The lowest BCUT2D eigenvalue weighted by molar-refractivity contribution is 0.0692. The van der Waals surface area contributed by atoms with E-state index in [0.717, 1.165) is 5.56 Å². The highest BCUT2D eigenvalue weighted by molar-refractivity contribution is 6.06. The number of benzene rings is 2. The lowest BCUT2D eigenvalue weighted by Crippen LogP contribution is -2.12. The van der Waals surface area contributed by atoms with Crippen LogP contribution in [0.4, 0.5) is 0 Å². The molecule has 0 radical (unpaired) electrons. The van der Waals surface area contributed by atoms with Gasteiger partial charge >= 0.3 is 5.97 Å². The number of hydrogen-bond donors (Lipinski definition) is 2. The van der Waals surface area contributed by atoms with Crippen LogP contribution in [0.25, 0.3) is 0 Å². The summed E-state index contributed by atoms with van der Waals surface area (Å²) in [4.78, 5) is 23.7. The first-order valence-corrected chi connectivity index (χ1v) is 8.01. The van der Waals surface area contributed by atoms with E-state index >= 15 is 0 Å². The monoisotopic (exact) mass is 337 g/mol. The van der Waals surface area contributed by atoms with E-state index in [2.05, 4.69) is 6.07 Å². The van der Waals surface area contributed by atoms with Gasteiger partial charge in [0.05, 0.1) is 23.3 Å². The molecule has 128 valence electrons. The van der Waals surface area contributed by atoms with E-state index in [1.165, 1.54) is 12.1 Å². The second-order valence-electron chi connectivity index (χ2n) is 5.82. The molecule has 0 spiro atoms. The Morgan fingerprint density at radius 3 is 2.44 bits per heavy atom. The lowest BCUT2D eigenvalue weighted by Gasteiger charge is -2.11. The molecule has 2 aromatic carbocycles. The molecule has 0 bridgehead atoms. The Balaban J connectivity index is 2.25. The first-order valence-electron chi connectivity index (χ1n) is 8.01. The van der Waals surface area contributed by atoms with Crippen LogP contribution in [0.5, 0.6) is 0 Å². The molecule has 25 heavy (non-hydrogen) atoms. The van der Waals surface area contributed by atoms with Gasteiger partial charge in [-0.25, -0.2) is 4.79 Å². The molecule has 0 saturated carbocycles. The van der Waals surface area contributed by atoms with E-state index in [9.17, 15) is 25.1 Å². The summed E-state index contributed by atoms with van der Waals surface area (Å²) in [5.74, 6) is -1.46. The van der Waals surface area contributed by atoms with Gasteiger partial charge in [-0.2, -0.15) is 5.26 Å². The van der Waals surface area contributed by atoms with Crippen LogP contribution < -0.4 is 0 Å². The van der Waals surface area contributed by atoms with E-state index in [0.29, 0.717) is 24.0 Å². The number of nitrogens with zero attached hydrogens (tertiary/aromatic N) is 1. The number of ketones is 1. The van der Waals surface area contributed by atoms with Crippen LogP contribution in [-0.2, 0) is 12.8 Å². The second-order valence-corrected chi connectivity index (χ2v) is 5.82. The fourth-order valence-corrected chi connectivity index (χ4v) is 2.61. The highest BCUT2D eigenvalue weighted by Gasteiger charge is 2.17. The number of aliphatic hydroxyl groups is 1. The van der Waals surface area contributed by atoms with Crippen molar-refractivity contribution < 1.29 is 19.8 Å². The standard InChI is InChI=1S/C20H19NO4/c1-2-16(22)11-14-8-7-13(9-15(14)12-21)10-19(23)17-5-3-4-6-18(17)20(24)25/h3-9,16,22H,2,10-11H2,1H3,(H,24,25). The minimum Gasteiger partial charge on any atom is -0.478 e. The fraction of sp³-hybridized carbons (Fsp3) is 0.250. The average Bonchev–Trinajstić information content (AvgIpc) is 2.62. The maximum Gasteiger partial charge on any atom is 0.336 e. The zero-order chi connectivity index (χ0) is 18.4. The van der Waals surface area contributed by atoms with E-state index in [1.54, 1.807) is 30.3 Å². The van der Waals surface area contributed by atoms with Gasteiger partial charge in [0.25, 0.3) is 0 Å². The molecule has 2 N–H and O–H groups in total. The number of rotatable bonds is 7. The molecule has 1 unspecified atom stereocenters. The van der Waals surface area contributed by atoms with E-state index in [1.807, 2.05) is 6.92 Å². The Labute approximate surface area is 146 Å². The molecule has 2 aromatic rings. The zero-order valence-electron chi connectivity index (χ0n) is 13.9. The highest BCUT2D eigenvalue weighted by atomic mass is 16.4. The number of carboxylic acid groups (broad SMARTS) is 1. The van der Waals surface area contributed by atoms with E-state index < -0.39 is 12.1 Å². The summed E-state index contributed by atoms with van der Waals surface area (Å²) >= 11 is 0. The third-order valence-corrected chi connectivity index (χ3v) is 4.04. The lowest BCUT2D eigenvalue weighted by atomic mass is 9.94. The third-order valence-electron chi connectivity index (χ3n) is 4.04. The van der Waals surface area contributed by atoms with Gasteiger partial charge in [0.2, 0.25) is 0 Å². The van der Waals surface area contributed by atoms with Gasteiger partial charge in [-0.05, 0) is 36.1 Å². The van der Waals surface area contributed by atoms with Crippen LogP contribution in [0, 0.1) is 11.3 Å². The van der Waals surface area contributed by atoms with Gasteiger partial charge in [-0.3, -0.25) is 4.79 Å². The molecule has 0 aliphatic carbocycles. The predicted octanol–water partition coefficient (Wildman–Crippen LogP) is 3.00. The average molecular weight is 337 g/mol. The Kier molecular flexibility index (Phi) is 6.04. The summed E-state index contributed by atoms with van der Waals surface area (Å²) in [7, 11) is 0. The summed E-state index contributed by atoms with van der Waals surface area (Å²) < 4.78 is 0. The number of nitriles is 1. The normalized spacial score (nSPS) is 11.6. The van der Waals surface area contributed by atoms with Gasteiger partial charge in [0.15, 0.2) is 5.78 Å². The van der Waals surface area contributed by atoms with Crippen molar-refractivity contribution in [1.82, 2.24) is 0 Å². The number of Topliss-reactive ketones (excluding diaryl/α,β-unsaturated/α-hetero) is 1. The molecule has 0 aliphatic rings. The summed E-state index contributed by atoms with van der Waals surface area (Å²) in [5.41, 5.74) is 1.91. The fourth-order valence-electron chi connectivity index (χ4n) is 2.61. The molecule has 0 heterocycles. The van der Waals surface area contributed by atoms with E-state index in [4.69, 9.17) is 0 Å². The maximum absolute atomic E-state index is 12.5. The first kappa shape index (κ1) is 18.4. The van der Waals surface area contributed by atoms with Crippen molar-refractivity contribution in [2.45, 2.75) is 32.3 Å². The van der Waals surface area contributed by atoms with Crippen LogP contribution >= 0.6 is 0 Å². The summed E-state index contributed by atoms with van der Waals surface area (Å²) in [6, 6.07) is 13.3. The molecule has 0 fully saturated rings. The Bertz CT molecular complexity index is 836. The van der Waals surface area contributed by atoms with Crippen molar-refractivity contribution in [2.24, 2.45) is 0 Å². The smallest absolute Gasteiger partial charge is 0.336 e. The van der Waals surface area contributed by atoms with Crippen molar-refractivity contribution in [1.29, 1.82) is 5.26 Å². The zero-order valence-corrected chi connectivity index (χ0v) is 13.9. The summed E-state index contributed by atoms with van der Waals surface area (Å²) in [5, 5.41) is 28.2. The molecular formula is C20H19NO4. The van der Waals surface area contributed by atoms with Crippen LogP contribution in [0.1, 0.15) is 50.8 Å². The Hall–Kier alpha value is -2.97. The predicted molar refractivity (Wildman–Crippen MR) is 92.6 cm³/mol. The quantitative estimate of drug-likeness (QED) is 0.757. The van der Waals surface area contributed by atoms with Gasteiger partial charge < -0.3 is 10.2 Å². The summed E-state index contributed by atoms with van der Waals surface area (Å²) in [6.07, 6.45) is 0.476. The third kappa shape index (κ3) is 4.52. The molecule has 5 nitrogen and oxygen atoms in total. The van der Waals surface area contributed by atoms with Gasteiger partial charge in [0.1, 0.15) is 0 Å². The van der Waals surface area contributed by atoms with Gasteiger partial charge in [-0.15, -0.1) is 0 Å². The van der Waals surface area contributed by atoms with Crippen molar-refractivity contribution in [3.8, 4) is 6.07 Å². The number of carboxylic acids is 1. The van der Waals surface area contributed by atoms with Crippen molar-refractivity contribution >= 4 is 11.8 Å². The van der Waals surface area contributed by atoms with Crippen molar-refractivity contribution in [3.05, 3.63) is 70.3 Å². The Morgan fingerprint density at radius 2 is 1.84 bits per heavy atom. The van der Waals surface area contributed by atoms with Crippen molar-refractivity contribution in [3.63, 3.8) is 0 Å². The largest absolute Gasteiger partial charge is 0.478 e. The van der Waals surface area contributed by atoms with Crippen LogP contribution in [0.15, 0.2) is 42.5 Å². The van der Waals surface area contributed by atoms with E-state index in [-0.39, 0.29) is 23.3 Å². The molecule has 1 atom stereocenters. The summed E-state index contributed by atoms with van der Waals surface area (Å²) in [6.45, 7) is 1.86. The van der Waals surface area contributed by atoms with Gasteiger partial charge in [0, 0.05) is 12.0 Å². The minimum absolute atomic E-state index is 0.00951. The molecule has 0 aliphatic heterocycles. The van der Waals surface area contributed by atoms with Crippen molar-refractivity contribution in [2.75, 3.05) is 0 Å². The molecule has 0 saturated heterocycles. The molecule has 5 heteroatoms. The molecule has 0 amide bonds. The number of aliphatic hydroxyl groups excluding tert-OH is 1. The second kappa shape index (κ2) is 8.22. The first-order chi connectivity index (χ1) is 12.0. The molecule has 2 rings (SSSR count). The van der Waals surface area contributed by atoms with Crippen LogP contribution in [0.2, 0.25) is 0 Å². The topological polar surface area (TPSA) is 98.4 Å². The number of carbonyl (C=O) groups is 2. The van der Waals surface area contributed by atoms with Crippen LogP contribution in [0.3, 0.4) is 0 Å². The maximum atomic E-state index is 12.5. The molecular weight excluding hydrogens is 318 g/mol. The highest BCUT2D eigenvalue weighted by Crippen LogP contribution is 2.18. The minimum atomic E-state index is -1.15.